The minimum absolute atomic E-state index is 0. The van der Waals surface area contributed by atoms with Crippen LogP contribution >= 0.6 is 0 Å². The summed E-state index contributed by atoms with van der Waals surface area (Å²) in [5.41, 5.74) is 0.517. The Morgan fingerprint density at radius 2 is 1.19 bits per heavy atom. The second kappa shape index (κ2) is 15.9. The van der Waals surface area contributed by atoms with Crippen LogP contribution in [0.3, 0.4) is 0 Å². The van der Waals surface area contributed by atoms with Crippen LogP contribution < -0.4 is 0 Å². The molecule has 0 heteroatoms. The van der Waals surface area contributed by atoms with Crippen molar-refractivity contribution in [2.24, 2.45) is 5.41 Å². The van der Waals surface area contributed by atoms with Crippen molar-refractivity contribution >= 4 is 0 Å². The molecule has 21 heavy (non-hydrogen) atoms. The number of hydrogen-bond acceptors (Lipinski definition) is 0. The highest BCUT2D eigenvalue weighted by Crippen LogP contribution is 2.22. The van der Waals surface area contributed by atoms with Crippen LogP contribution in [0, 0.1) is 5.41 Å². The Kier molecular flexibility index (Phi) is 17.2. The van der Waals surface area contributed by atoms with Gasteiger partial charge in [0.25, 0.3) is 0 Å². The summed E-state index contributed by atoms with van der Waals surface area (Å²) in [6.07, 6.45) is 24.0. The first-order valence-electron chi connectivity index (χ1n) is 8.86. The van der Waals surface area contributed by atoms with Crippen molar-refractivity contribution in [1.29, 1.82) is 0 Å². The Labute approximate surface area is 136 Å². The molecule has 0 fully saturated rings. The topological polar surface area (TPSA) is 0 Å². The molecule has 0 atom stereocenters. The minimum atomic E-state index is 0. The summed E-state index contributed by atoms with van der Waals surface area (Å²) in [5, 5.41) is 0. The van der Waals surface area contributed by atoms with Gasteiger partial charge in [-0.2, -0.15) is 0 Å². The molecular weight excluding hydrogens is 252 g/mol. The predicted molar refractivity (Wildman–Crippen MR) is 101 cm³/mol. The molecule has 0 aromatic carbocycles. The van der Waals surface area contributed by atoms with E-state index in [0.717, 1.165) is 6.42 Å². The molecule has 0 saturated heterocycles. The van der Waals surface area contributed by atoms with E-state index >= 15 is 0 Å². The maximum atomic E-state index is 2.36. The van der Waals surface area contributed by atoms with E-state index in [4.69, 9.17) is 0 Å². The van der Waals surface area contributed by atoms with Gasteiger partial charge in [0, 0.05) is 0 Å². The molecule has 0 amide bonds. The summed E-state index contributed by atoms with van der Waals surface area (Å²) in [6.45, 7) is 9.28. The minimum Gasteiger partial charge on any atom is -0.0882 e. The number of hydrogen-bond donors (Lipinski definition) is 0. The highest BCUT2D eigenvalue weighted by Gasteiger charge is 2.08. The Balaban J connectivity index is 0. The van der Waals surface area contributed by atoms with Crippen LogP contribution in [-0.4, -0.2) is 0 Å². The zero-order chi connectivity index (χ0) is 15.1. The van der Waals surface area contributed by atoms with E-state index in [-0.39, 0.29) is 7.43 Å². The van der Waals surface area contributed by atoms with Gasteiger partial charge in [-0.15, -0.1) is 0 Å². The molecule has 0 aliphatic heterocycles. The second-order valence-corrected chi connectivity index (χ2v) is 7.19. The summed E-state index contributed by atoms with van der Waals surface area (Å²) >= 11 is 0. The third-order valence-corrected chi connectivity index (χ3v) is 3.63. The molecule has 0 saturated carbocycles. The van der Waals surface area contributed by atoms with Crippen molar-refractivity contribution in [3.8, 4) is 0 Å². The standard InChI is InChI=1S/C20H38.CH4/c1-5-6-7-8-9-10-11-12-13-14-15-16-17-18-19-20(2,3)4;/h9-10,12-13H,5-8,11,14-19H2,1-4H3;1H4/b10-9-,13-12-;. The van der Waals surface area contributed by atoms with Gasteiger partial charge in [-0.1, -0.05) is 91.5 Å². The first kappa shape index (κ1) is 22.8. The lowest BCUT2D eigenvalue weighted by Gasteiger charge is -2.17. The van der Waals surface area contributed by atoms with E-state index in [9.17, 15) is 0 Å². The second-order valence-electron chi connectivity index (χ2n) is 7.19. The fourth-order valence-corrected chi connectivity index (χ4v) is 2.29. The molecule has 0 aromatic rings. The third kappa shape index (κ3) is 21.9. The zero-order valence-corrected chi connectivity index (χ0v) is 14.6. The van der Waals surface area contributed by atoms with Crippen LogP contribution in [0.2, 0.25) is 0 Å². The van der Waals surface area contributed by atoms with Crippen molar-refractivity contribution in [3.05, 3.63) is 24.3 Å². The lowest BCUT2D eigenvalue weighted by molar-refractivity contribution is 0.357. The van der Waals surface area contributed by atoms with Crippen LogP contribution in [0.5, 0.6) is 0 Å². The van der Waals surface area contributed by atoms with E-state index in [2.05, 4.69) is 52.0 Å². The van der Waals surface area contributed by atoms with Crippen molar-refractivity contribution in [2.75, 3.05) is 0 Å². The molecule has 0 nitrogen and oxygen atoms in total. The van der Waals surface area contributed by atoms with E-state index in [1.807, 2.05) is 0 Å². The molecule has 0 aliphatic carbocycles. The molecule has 0 bridgehead atoms. The summed E-state index contributed by atoms with van der Waals surface area (Å²) in [7, 11) is 0. The Morgan fingerprint density at radius 3 is 1.71 bits per heavy atom. The van der Waals surface area contributed by atoms with Crippen LogP contribution in [0.1, 0.15) is 106 Å². The summed E-state index contributed by atoms with van der Waals surface area (Å²) in [4.78, 5) is 0. The Bertz CT molecular complexity index is 239. The molecule has 0 aliphatic rings. The predicted octanol–water partition coefficient (Wildman–Crippen LogP) is 8.09. The van der Waals surface area contributed by atoms with Crippen molar-refractivity contribution in [3.63, 3.8) is 0 Å². The summed E-state index contributed by atoms with van der Waals surface area (Å²) in [5.74, 6) is 0. The van der Waals surface area contributed by atoms with Crippen LogP contribution in [-0.2, 0) is 0 Å². The Morgan fingerprint density at radius 1 is 0.667 bits per heavy atom. The molecule has 0 unspecified atom stereocenters. The number of unbranched alkanes of at least 4 members (excludes halogenated alkanes) is 7. The highest BCUT2D eigenvalue weighted by atomic mass is 14.1. The molecule has 0 aromatic heterocycles. The average molecular weight is 295 g/mol. The van der Waals surface area contributed by atoms with Crippen LogP contribution in [0.4, 0.5) is 0 Å². The molecule has 0 rings (SSSR count). The maximum absolute atomic E-state index is 2.36. The van der Waals surface area contributed by atoms with Crippen LogP contribution in [0.25, 0.3) is 0 Å². The molecule has 0 N–H and O–H groups in total. The number of rotatable bonds is 12. The van der Waals surface area contributed by atoms with Crippen molar-refractivity contribution in [1.82, 2.24) is 0 Å². The van der Waals surface area contributed by atoms with E-state index < -0.39 is 0 Å². The lowest BCUT2D eigenvalue weighted by Crippen LogP contribution is -2.03. The van der Waals surface area contributed by atoms with Gasteiger partial charge in [0.2, 0.25) is 0 Å². The van der Waals surface area contributed by atoms with E-state index in [0.29, 0.717) is 5.41 Å². The smallest absolute Gasteiger partial charge is 0.0169 e. The van der Waals surface area contributed by atoms with Gasteiger partial charge in [0.1, 0.15) is 0 Å². The van der Waals surface area contributed by atoms with Crippen molar-refractivity contribution in [2.45, 2.75) is 106 Å². The summed E-state index contributed by atoms with van der Waals surface area (Å²) in [6, 6.07) is 0. The summed E-state index contributed by atoms with van der Waals surface area (Å²) < 4.78 is 0. The van der Waals surface area contributed by atoms with E-state index in [1.165, 1.54) is 64.2 Å². The van der Waals surface area contributed by atoms with Gasteiger partial charge in [0.05, 0.1) is 0 Å². The molecule has 0 heterocycles. The fourth-order valence-electron chi connectivity index (χ4n) is 2.29. The molecule has 0 radical (unpaired) electrons. The average Bonchev–Trinajstić information content (AvgIpc) is 2.38. The normalized spacial score (nSPS) is 12.2. The third-order valence-electron chi connectivity index (χ3n) is 3.63. The van der Waals surface area contributed by atoms with Gasteiger partial charge >= 0.3 is 0 Å². The van der Waals surface area contributed by atoms with Gasteiger partial charge < -0.3 is 0 Å². The van der Waals surface area contributed by atoms with E-state index in [1.54, 1.807) is 0 Å². The first-order chi connectivity index (χ1) is 9.56. The highest BCUT2D eigenvalue weighted by molar-refractivity contribution is 4.92. The van der Waals surface area contributed by atoms with Crippen LogP contribution in [0.15, 0.2) is 24.3 Å². The lowest BCUT2D eigenvalue weighted by atomic mass is 9.89. The van der Waals surface area contributed by atoms with Crippen molar-refractivity contribution < 1.29 is 0 Å². The number of allylic oxidation sites excluding steroid dienone is 4. The fraction of sp³-hybridized carbons (Fsp3) is 0.810. The first-order valence-corrected chi connectivity index (χ1v) is 8.86. The monoisotopic (exact) mass is 294 g/mol. The van der Waals surface area contributed by atoms with Gasteiger partial charge in [-0.25, -0.2) is 0 Å². The molecule has 126 valence electrons. The quantitative estimate of drug-likeness (QED) is 0.252. The Hall–Kier alpha value is -0.520. The molecule has 0 spiro atoms. The zero-order valence-electron chi connectivity index (χ0n) is 14.6. The van der Waals surface area contributed by atoms with Gasteiger partial charge in [-0.05, 0) is 43.9 Å². The molecular formula is C21H42. The van der Waals surface area contributed by atoms with Gasteiger partial charge in [-0.3, -0.25) is 0 Å². The SMILES string of the molecule is C.CCCCC/C=C\C/C=C\CCCCCCC(C)(C)C. The largest absolute Gasteiger partial charge is 0.0882 e. The maximum Gasteiger partial charge on any atom is -0.0169 e. The van der Waals surface area contributed by atoms with Gasteiger partial charge in [0.15, 0.2) is 0 Å².